The summed E-state index contributed by atoms with van der Waals surface area (Å²) in [5, 5.41) is 15.1. The van der Waals surface area contributed by atoms with Crippen LogP contribution in [-0.4, -0.2) is 19.7 Å². The maximum atomic E-state index is 9.17. The Morgan fingerprint density at radius 1 is 1.07 bits per heavy atom. The number of rotatable bonds is 3. The van der Waals surface area contributed by atoms with E-state index in [2.05, 4.69) is 45.8 Å². The molecule has 0 N–H and O–H groups in total. The van der Waals surface area contributed by atoms with Crippen LogP contribution < -0.4 is 0 Å². The predicted octanol–water partition coefficient (Wildman–Crippen LogP) is 5.24. The monoisotopic (exact) mass is 417 g/mol. The minimum atomic E-state index is 0.236. The number of pyridine rings is 2. The van der Waals surface area contributed by atoms with Gasteiger partial charge >= 0.3 is 0 Å². The zero-order valence-electron chi connectivity index (χ0n) is 14.9. The molecule has 0 saturated carbocycles. The van der Waals surface area contributed by atoms with Gasteiger partial charge in [0.05, 0.1) is 22.3 Å². The molecule has 0 saturated heterocycles. The largest absolute Gasteiger partial charge is 0.265 e. The Kier molecular flexibility index (Phi) is 4.46. The van der Waals surface area contributed by atoms with Gasteiger partial charge in [0.2, 0.25) is 0 Å². The van der Waals surface area contributed by atoms with Crippen molar-refractivity contribution in [2.45, 2.75) is 19.8 Å². The third-order valence-corrected chi connectivity index (χ3v) is 5.11. The molecule has 0 radical (unpaired) electrons. The van der Waals surface area contributed by atoms with Crippen LogP contribution in [0.25, 0.3) is 27.8 Å². The fraction of sp³-hybridized carbons (Fsp3) is 0.143. The first-order valence-corrected chi connectivity index (χ1v) is 9.37. The number of nitriles is 1. The van der Waals surface area contributed by atoms with Crippen molar-refractivity contribution in [1.82, 2.24) is 19.7 Å². The Bertz CT molecular complexity index is 1170. The molecule has 4 aromatic rings. The molecule has 0 bridgehead atoms. The van der Waals surface area contributed by atoms with Gasteiger partial charge in [-0.05, 0) is 69.4 Å². The van der Waals surface area contributed by atoms with Crippen LogP contribution in [0.3, 0.4) is 0 Å². The number of aromatic nitrogens is 4. The molecule has 3 aromatic heterocycles. The summed E-state index contributed by atoms with van der Waals surface area (Å²) >= 11 is 3.46. The second-order valence-electron chi connectivity index (χ2n) is 6.52. The number of nitrogens with zero attached hydrogens (tertiary/aromatic N) is 5. The lowest BCUT2D eigenvalue weighted by Crippen LogP contribution is -1.99. The third kappa shape index (κ3) is 3.00. The van der Waals surface area contributed by atoms with Crippen molar-refractivity contribution >= 4 is 27.0 Å². The first-order valence-electron chi connectivity index (χ1n) is 8.58. The zero-order valence-corrected chi connectivity index (χ0v) is 16.5. The van der Waals surface area contributed by atoms with E-state index in [4.69, 9.17) is 5.10 Å². The summed E-state index contributed by atoms with van der Waals surface area (Å²) in [6.07, 6.45) is 5.39. The van der Waals surface area contributed by atoms with Crippen LogP contribution >= 0.6 is 15.9 Å². The van der Waals surface area contributed by atoms with Gasteiger partial charge < -0.3 is 0 Å². The van der Waals surface area contributed by atoms with E-state index in [0.29, 0.717) is 5.56 Å². The van der Waals surface area contributed by atoms with Crippen LogP contribution in [0.4, 0.5) is 0 Å². The topological polar surface area (TPSA) is 67.4 Å². The standard InChI is InChI=1S/C21H16BrN5/c1-13(2)20-19-17(14-5-8-24-9-6-14)7-10-25-21(19)27(26-20)16-4-3-15(12-23)18(22)11-16/h3-11,13H,1-2H3. The highest BCUT2D eigenvalue weighted by molar-refractivity contribution is 9.10. The first kappa shape index (κ1) is 17.4. The van der Waals surface area contributed by atoms with Crippen LogP contribution in [0, 0.1) is 11.3 Å². The fourth-order valence-corrected chi connectivity index (χ4v) is 3.61. The lowest BCUT2D eigenvalue weighted by molar-refractivity contribution is 0.776. The number of fused-ring (bicyclic) bond motifs is 1. The summed E-state index contributed by atoms with van der Waals surface area (Å²) < 4.78 is 2.59. The number of hydrogen-bond donors (Lipinski definition) is 0. The highest BCUT2D eigenvalue weighted by Gasteiger charge is 2.19. The van der Waals surface area contributed by atoms with E-state index in [1.54, 1.807) is 24.7 Å². The van der Waals surface area contributed by atoms with Crippen LogP contribution in [0.5, 0.6) is 0 Å². The van der Waals surface area contributed by atoms with E-state index in [1.807, 2.05) is 35.0 Å². The van der Waals surface area contributed by atoms with Gasteiger partial charge in [0, 0.05) is 23.1 Å². The van der Waals surface area contributed by atoms with E-state index in [1.165, 1.54) is 0 Å². The molecule has 0 aliphatic carbocycles. The van der Waals surface area contributed by atoms with Crippen molar-refractivity contribution in [3.63, 3.8) is 0 Å². The van der Waals surface area contributed by atoms with Gasteiger partial charge in [-0.1, -0.05) is 13.8 Å². The second-order valence-corrected chi connectivity index (χ2v) is 7.38. The lowest BCUT2D eigenvalue weighted by atomic mass is 9.99. The maximum Gasteiger partial charge on any atom is 0.163 e. The Morgan fingerprint density at radius 2 is 1.85 bits per heavy atom. The Morgan fingerprint density at radius 3 is 2.52 bits per heavy atom. The molecule has 3 heterocycles. The quantitative estimate of drug-likeness (QED) is 0.456. The van der Waals surface area contributed by atoms with Gasteiger partial charge in [0.1, 0.15) is 6.07 Å². The number of benzene rings is 1. The predicted molar refractivity (Wildman–Crippen MR) is 109 cm³/mol. The second kappa shape index (κ2) is 6.93. The minimum absolute atomic E-state index is 0.236. The fourth-order valence-electron chi connectivity index (χ4n) is 3.15. The average Bonchev–Trinajstić information content (AvgIpc) is 3.09. The summed E-state index contributed by atoms with van der Waals surface area (Å²) in [7, 11) is 0. The summed E-state index contributed by atoms with van der Waals surface area (Å²) in [6.45, 7) is 4.26. The Labute approximate surface area is 165 Å². The van der Waals surface area contributed by atoms with E-state index < -0.39 is 0 Å². The van der Waals surface area contributed by atoms with Crippen molar-refractivity contribution in [2.24, 2.45) is 0 Å². The molecule has 0 aliphatic rings. The Hall–Kier alpha value is -3.04. The van der Waals surface area contributed by atoms with Gasteiger partial charge in [-0.25, -0.2) is 9.67 Å². The van der Waals surface area contributed by atoms with Crippen molar-refractivity contribution in [2.75, 3.05) is 0 Å². The van der Waals surface area contributed by atoms with Crippen LogP contribution in [0.15, 0.2) is 59.5 Å². The summed E-state index contributed by atoms with van der Waals surface area (Å²) in [4.78, 5) is 8.74. The Balaban J connectivity index is 2.02. The van der Waals surface area contributed by atoms with Crippen molar-refractivity contribution in [3.05, 3.63) is 70.7 Å². The zero-order chi connectivity index (χ0) is 19.0. The SMILES string of the molecule is CC(C)c1nn(-c2ccc(C#N)c(Br)c2)c2nccc(-c3ccncc3)c12. The molecule has 6 heteroatoms. The molecule has 0 unspecified atom stereocenters. The highest BCUT2D eigenvalue weighted by atomic mass is 79.9. The number of halogens is 1. The molecule has 132 valence electrons. The van der Waals surface area contributed by atoms with Crippen LogP contribution in [-0.2, 0) is 0 Å². The molecule has 27 heavy (non-hydrogen) atoms. The molecular weight excluding hydrogens is 402 g/mol. The molecule has 0 spiro atoms. The van der Waals surface area contributed by atoms with Crippen molar-refractivity contribution in [1.29, 1.82) is 5.26 Å². The smallest absolute Gasteiger partial charge is 0.163 e. The van der Waals surface area contributed by atoms with Crippen LogP contribution in [0.2, 0.25) is 0 Å². The average molecular weight is 418 g/mol. The first-order chi connectivity index (χ1) is 13.1. The third-order valence-electron chi connectivity index (χ3n) is 4.45. The van der Waals surface area contributed by atoms with E-state index >= 15 is 0 Å². The van der Waals surface area contributed by atoms with Gasteiger partial charge in [-0.15, -0.1) is 0 Å². The maximum absolute atomic E-state index is 9.17. The normalized spacial score (nSPS) is 11.1. The van der Waals surface area contributed by atoms with E-state index in [-0.39, 0.29) is 5.92 Å². The molecule has 5 nitrogen and oxygen atoms in total. The van der Waals surface area contributed by atoms with Crippen molar-refractivity contribution < 1.29 is 0 Å². The number of hydrogen-bond acceptors (Lipinski definition) is 4. The summed E-state index contributed by atoms with van der Waals surface area (Å²) in [5.74, 6) is 0.236. The van der Waals surface area contributed by atoms with Gasteiger partial charge in [0.25, 0.3) is 0 Å². The summed E-state index contributed by atoms with van der Waals surface area (Å²) in [5.41, 5.74) is 5.40. The van der Waals surface area contributed by atoms with Gasteiger partial charge in [0.15, 0.2) is 5.65 Å². The molecule has 0 fully saturated rings. The molecule has 0 aliphatic heterocycles. The van der Waals surface area contributed by atoms with E-state index in [9.17, 15) is 5.26 Å². The molecule has 1 aromatic carbocycles. The highest BCUT2D eigenvalue weighted by Crippen LogP contribution is 2.34. The minimum Gasteiger partial charge on any atom is -0.265 e. The lowest BCUT2D eigenvalue weighted by Gasteiger charge is -2.07. The van der Waals surface area contributed by atoms with Gasteiger partial charge in [-0.2, -0.15) is 10.4 Å². The molecule has 0 amide bonds. The van der Waals surface area contributed by atoms with Gasteiger partial charge in [-0.3, -0.25) is 4.98 Å². The van der Waals surface area contributed by atoms with E-state index in [0.717, 1.165) is 38.0 Å². The molecule has 4 rings (SSSR count). The van der Waals surface area contributed by atoms with Crippen molar-refractivity contribution in [3.8, 4) is 22.9 Å². The van der Waals surface area contributed by atoms with Crippen LogP contribution in [0.1, 0.15) is 31.0 Å². The molecule has 0 atom stereocenters. The summed E-state index contributed by atoms with van der Waals surface area (Å²) in [6, 6.07) is 13.7. The molecular formula is C21H16BrN5.